The van der Waals surface area contributed by atoms with Crippen LogP contribution in [0.1, 0.15) is 4.88 Å². The first-order valence-electron chi connectivity index (χ1n) is 6.27. The van der Waals surface area contributed by atoms with Gasteiger partial charge in [-0.25, -0.2) is 9.69 Å². The summed E-state index contributed by atoms with van der Waals surface area (Å²) in [5.74, 6) is -1.32. The Labute approximate surface area is 138 Å². The minimum atomic E-state index is -0.753. The molecule has 4 amide bonds. The van der Waals surface area contributed by atoms with Crippen LogP contribution >= 0.6 is 27.3 Å². The van der Waals surface area contributed by atoms with Gasteiger partial charge >= 0.3 is 6.03 Å². The maximum absolute atomic E-state index is 12.5. The summed E-state index contributed by atoms with van der Waals surface area (Å²) in [6.45, 7) is 0. The van der Waals surface area contributed by atoms with Crippen LogP contribution < -0.4 is 10.2 Å². The molecule has 5 nitrogen and oxygen atoms in total. The molecule has 110 valence electrons. The van der Waals surface area contributed by atoms with Gasteiger partial charge in [0.15, 0.2) is 0 Å². The SMILES string of the molecule is O=C1NC(=O)N(c2cccc(Br)c2)C(=O)/C1=C\c1cccs1. The Balaban J connectivity index is 2.03. The van der Waals surface area contributed by atoms with Gasteiger partial charge in [0.05, 0.1) is 5.69 Å². The molecule has 1 aromatic heterocycles. The molecule has 2 aromatic rings. The van der Waals surface area contributed by atoms with Gasteiger partial charge in [0.1, 0.15) is 5.57 Å². The van der Waals surface area contributed by atoms with Gasteiger partial charge in [-0.2, -0.15) is 0 Å². The molecule has 1 aromatic carbocycles. The van der Waals surface area contributed by atoms with Crippen LogP contribution in [0.3, 0.4) is 0 Å². The second-order valence-electron chi connectivity index (χ2n) is 4.45. The number of imide groups is 2. The van der Waals surface area contributed by atoms with E-state index in [1.165, 1.54) is 17.4 Å². The predicted octanol–water partition coefficient (Wildman–Crippen LogP) is 3.18. The van der Waals surface area contributed by atoms with Gasteiger partial charge in [0, 0.05) is 9.35 Å². The number of hydrogen-bond donors (Lipinski definition) is 1. The van der Waals surface area contributed by atoms with Crippen molar-refractivity contribution in [2.75, 3.05) is 4.90 Å². The van der Waals surface area contributed by atoms with E-state index >= 15 is 0 Å². The summed E-state index contributed by atoms with van der Waals surface area (Å²) in [5.41, 5.74) is 0.323. The highest BCUT2D eigenvalue weighted by Crippen LogP contribution is 2.25. The number of rotatable bonds is 2. The number of nitrogens with one attached hydrogen (secondary N) is 1. The molecule has 0 saturated carbocycles. The predicted molar refractivity (Wildman–Crippen MR) is 87.5 cm³/mol. The van der Waals surface area contributed by atoms with Crippen LogP contribution in [0, 0.1) is 0 Å². The third kappa shape index (κ3) is 2.72. The number of carbonyl (C=O) groups excluding carboxylic acids is 3. The van der Waals surface area contributed by atoms with Gasteiger partial charge in [-0.15, -0.1) is 11.3 Å². The smallest absolute Gasteiger partial charge is 0.273 e. The van der Waals surface area contributed by atoms with E-state index in [0.717, 1.165) is 14.2 Å². The Morgan fingerprint density at radius 2 is 1.95 bits per heavy atom. The number of anilines is 1. The molecule has 22 heavy (non-hydrogen) atoms. The quantitative estimate of drug-likeness (QED) is 0.646. The van der Waals surface area contributed by atoms with E-state index in [-0.39, 0.29) is 5.57 Å². The average molecular weight is 377 g/mol. The zero-order chi connectivity index (χ0) is 15.7. The highest BCUT2D eigenvalue weighted by molar-refractivity contribution is 9.10. The van der Waals surface area contributed by atoms with Crippen LogP contribution in [0.25, 0.3) is 6.08 Å². The molecule has 2 heterocycles. The number of urea groups is 1. The fraction of sp³-hybridized carbons (Fsp3) is 0. The number of benzene rings is 1. The van der Waals surface area contributed by atoms with Crippen LogP contribution in [0.15, 0.2) is 51.8 Å². The van der Waals surface area contributed by atoms with Crippen molar-refractivity contribution >= 4 is 56.9 Å². The van der Waals surface area contributed by atoms with Crippen molar-refractivity contribution < 1.29 is 14.4 Å². The Kier molecular flexibility index (Phi) is 3.91. The first-order chi connectivity index (χ1) is 10.6. The van der Waals surface area contributed by atoms with E-state index in [2.05, 4.69) is 21.2 Å². The van der Waals surface area contributed by atoms with E-state index in [1.54, 1.807) is 30.3 Å². The molecule has 0 aliphatic carbocycles. The Morgan fingerprint density at radius 3 is 2.64 bits per heavy atom. The summed E-state index contributed by atoms with van der Waals surface area (Å²) in [4.78, 5) is 38.2. The van der Waals surface area contributed by atoms with Gasteiger partial charge in [-0.1, -0.05) is 28.1 Å². The second-order valence-corrected chi connectivity index (χ2v) is 6.35. The summed E-state index contributed by atoms with van der Waals surface area (Å²) < 4.78 is 0.728. The van der Waals surface area contributed by atoms with Crippen molar-refractivity contribution in [2.45, 2.75) is 0 Å². The molecule has 1 fully saturated rings. The Morgan fingerprint density at radius 1 is 1.14 bits per heavy atom. The van der Waals surface area contributed by atoms with Crippen molar-refractivity contribution in [3.8, 4) is 0 Å². The van der Waals surface area contributed by atoms with Crippen molar-refractivity contribution in [3.05, 3.63) is 56.7 Å². The molecule has 0 radical (unpaired) electrons. The molecular formula is C15H9BrN2O3S. The topological polar surface area (TPSA) is 66.5 Å². The van der Waals surface area contributed by atoms with Gasteiger partial charge in [0.25, 0.3) is 11.8 Å². The summed E-state index contributed by atoms with van der Waals surface area (Å²) in [6.07, 6.45) is 1.49. The van der Waals surface area contributed by atoms with E-state index < -0.39 is 17.8 Å². The molecule has 0 spiro atoms. The summed E-state index contributed by atoms with van der Waals surface area (Å²) >= 11 is 4.70. The van der Waals surface area contributed by atoms with Gasteiger partial charge in [-0.3, -0.25) is 14.9 Å². The molecule has 1 aliphatic heterocycles. The third-order valence-corrected chi connectivity index (χ3v) is 4.31. The summed E-state index contributed by atoms with van der Waals surface area (Å²) in [7, 11) is 0. The van der Waals surface area contributed by atoms with Crippen molar-refractivity contribution in [3.63, 3.8) is 0 Å². The van der Waals surface area contributed by atoms with Crippen molar-refractivity contribution in [2.24, 2.45) is 0 Å². The van der Waals surface area contributed by atoms with Gasteiger partial charge < -0.3 is 0 Å². The minimum Gasteiger partial charge on any atom is -0.273 e. The van der Waals surface area contributed by atoms with Gasteiger partial charge in [0.2, 0.25) is 0 Å². The molecule has 1 N–H and O–H groups in total. The first-order valence-corrected chi connectivity index (χ1v) is 7.94. The fourth-order valence-electron chi connectivity index (χ4n) is 2.02. The number of halogens is 1. The molecule has 0 bridgehead atoms. The molecule has 7 heteroatoms. The zero-order valence-electron chi connectivity index (χ0n) is 11.1. The highest BCUT2D eigenvalue weighted by atomic mass is 79.9. The van der Waals surface area contributed by atoms with E-state index in [4.69, 9.17) is 0 Å². The van der Waals surface area contributed by atoms with Gasteiger partial charge in [-0.05, 0) is 35.7 Å². The largest absolute Gasteiger partial charge is 0.335 e. The van der Waals surface area contributed by atoms with Crippen LogP contribution in [0.5, 0.6) is 0 Å². The van der Waals surface area contributed by atoms with E-state index in [1.807, 2.05) is 11.4 Å². The third-order valence-electron chi connectivity index (χ3n) is 3.00. The normalized spacial score (nSPS) is 17.0. The number of nitrogens with zero attached hydrogens (tertiary/aromatic N) is 1. The standard InChI is InChI=1S/C15H9BrN2O3S/c16-9-3-1-4-10(7-9)18-14(20)12(13(19)17-15(18)21)8-11-5-2-6-22-11/h1-8H,(H,17,19,21)/b12-8-. The lowest BCUT2D eigenvalue weighted by Gasteiger charge is -2.26. The Bertz CT molecular complexity index is 799. The number of thiophene rings is 1. The lowest BCUT2D eigenvalue weighted by atomic mass is 10.1. The maximum atomic E-state index is 12.5. The molecule has 0 atom stereocenters. The lowest BCUT2D eigenvalue weighted by molar-refractivity contribution is -0.122. The first kappa shape index (κ1) is 14.7. The van der Waals surface area contributed by atoms with E-state index in [0.29, 0.717) is 5.69 Å². The van der Waals surface area contributed by atoms with Crippen LogP contribution in [0.2, 0.25) is 0 Å². The fourth-order valence-corrected chi connectivity index (χ4v) is 3.07. The van der Waals surface area contributed by atoms with Crippen LogP contribution in [-0.4, -0.2) is 17.8 Å². The number of amides is 4. The maximum Gasteiger partial charge on any atom is 0.335 e. The van der Waals surface area contributed by atoms with Crippen molar-refractivity contribution in [1.29, 1.82) is 0 Å². The molecule has 3 rings (SSSR count). The molecule has 1 saturated heterocycles. The van der Waals surface area contributed by atoms with E-state index in [9.17, 15) is 14.4 Å². The highest BCUT2D eigenvalue weighted by Gasteiger charge is 2.36. The number of carbonyl (C=O) groups is 3. The monoisotopic (exact) mass is 376 g/mol. The van der Waals surface area contributed by atoms with Crippen molar-refractivity contribution in [1.82, 2.24) is 5.32 Å². The zero-order valence-corrected chi connectivity index (χ0v) is 13.5. The molecule has 1 aliphatic rings. The number of hydrogen-bond acceptors (Lipinski definition) is 4. The Hall–Kier alpha value is -2.25. The average Bonchev–Trinajstić information content (AvgIpc) is 2.96. The van der Waals surface area contributed by atoms with Crippen LogP contribution in [-0.2, 0) is 9.59 Å². The molecule has 0 unspecified atom stereocenters. The molecular weight excluding hydrogens is 368 g/mol. The minimum absolute atomic E-state index is 0.0676. The summed E-state index contributed by atoms with van der Waals surface area (Å²) in [6, 6.07) is 9.60. The lowest BCUT2D eigenvalue weighted by Crippen LogP contribution is -2.54. The van der Waals surface area contributed by atoms with Crippen LogP contribution in [0.4, 0.5) is 10.5 Å². The second kappa shape index (κ2) is 5.86. The summed E-state index contributed by atoms with van der Waals surface area (Å²) in [5, 5.41) is 4.03. The number of barbiturate groups is 1.